The number of carbonyl (C=O) groups excluding carboxylic acids is 2. The summed E-state index contributed by atoms with van der Waals surface area (Å²) >= 11 is 1.13. The third-order valence-electron chi connectivity index (χ3n) is 4.14. The maximum absolute atomic E-state index is 12.2. The van der Waals surface area contributed by atoms with Crippen LogP contribution in [0.2, 0.25) is 0 Å². The molecule has 0 atom stereocenters. The first kappa shape index (κ1) is 18.2. The molecular weight excluding hydrogens is 378 g/mol. The molecule has 0 aliphatic carbocycles. The molecule has 0 spiro atoms. The Hall–Kier alpha value is -3.13. The molecular formula is C20H17N3O4S. The van der Waals surface area contributed by atoms with Crippen molar-refractivity contribution in [2.24, 2.45) is 5.10 Å². The Kier molecular flexibility index (Phi) is 5.38. The molecule has 0 N–H and O–H groups in total. The third kappa shape index (κ3) is 4.23. The van der Waals surface area contributed by atoms with Crippen molar-refractivity contribution >= 4 is 40.4 Å². The van der Waals surface area contributed by atoms with Crippen molar-refractivity contribution in [1.82, 2.24) is 9.99 Å². The van der Waals surface area contributed by atoms with Crippen molar-refractivity contribution < 1.29 is 18.7 Å². The molecule has 8 heteroatoms. The van der Waals surface area contributed by atoms with Crippen LogP contribution in [-0.2, 0) is 14.3 Å². The van der Waals surface area contributed by atoms with Crippen molar-refractivity contribution in [2.75, 3.05) is 18.9 Å². The summed E-state index contributed by atoms with van der Waals surface area (Å²) in [5.74, 6) is -0.836. The highest BCUT2D eigenvalue weighted by molar-refractivity contribution is 7.99. The molecule has 7 nitrogen and oxygen atoms in total. The minimum Gasteiger partial charge on any atom is -0.455 e. The lowest BCUT2D eigenvalue weighted by Crippen LogP contribution is -2.29. The highest BCUT2D eigenvalue weighted by Gasteiger charge is 2.22. The number of nitrogens with zero attached hydrogens (tertiary/aromatic N) is 3. The Balaban J connectivity index is 1.25. The molecule has 142 valence electrons. The number of ether oxygens (including phenoxy) is 1. The number of para-hydroxylation sites is 2. The first-order valence-electron chi connectivity index (χ1n) is 8.76. The predicted molar refractivity (Wildman–Crippen MR) is 105 cm³/mol. The fraction of sp³-hybridized carbons (Fsp3) is 0.200. The summed E-state index contributed by atoms with van der Waals surface area (Å²) in [4.78, 5) is 28.4. The Morgan fingerprint density at radius 1 is 1.11 bits per heavy atom. The predicted octanol–water partition coefficient (Wildman–Crippen LogP) is 3.10. The highest BCUT2D eigenvalue weighted by Crippen LogP contribution is 2.23. The number of benzene rings is 2. The lowest BCUT2D eigenvalue weighted by molar-refractivity contribution is -0.149. The number of hydrogen-bond acceptors (Lipinski definition) is 7. The molecule has 28 heavy (non-hydrogen) atoms. The number of carbonyl (C=O) groups is 2. The van der Waals surface area contributed by atoms with Gasteiger partial charge in [0.2, 0.25) is 0 Å². The van der Waals surface area contributed by atoms with E-state index in [-0.39, 0.29) is 18.3 Å². The minimum absolute atomic E-state index is 0.0125. The largest absolute Gasteiger partial charge is 0.455 e. The van der Waals surface area contributed by atoms with Gasteiger partial charge in [-0.1, -0.05) is 54.2 Å². The second kappa shape index (κ2) is 8.26. The number of hydrogen-bond donors (Lipinski definition) is 0. The standard InChI is InChI=1S/C20H17N3O4S/c24-18(23-11-10-15(22-23)14-6-2-1-3-7-14)12-26-19(25)13-28-20-21-16-8-4-5-9-17(16)27-20/h1-9H,10-13H2. The van der Waals surface area contributed by atoms with Crippen LogP contribution in [0.25, 0.3) is 11.1 Å². The van der Waals surface area contributed by atoms with Crippen LogP contribution in [0.5, 0.6) is 0 Å². The zero-order valence-electron chi connectivity index (χ0n) is 14.9. The Morgan fingerprint density at radius 3 is 2.71 bits per heavy atom. The molecule has 0 saturated heterocycles. The van der Waals surface area contributed by atoms with E-state index in [0.29, 0.717) is 23.8 Å². The molecule has 0 unspecified atom stereocenters. The molecule has 3 aromatic rings. The minimum atomic E-state index is -0.507. The van der Waals surface area contributed by atoms with Gasteiger partial charge in [0.25, 0.3) is 11.1 Å². The van der Waals surface area contributed by atoms with Crippen LogP contribution in [0.1, 0.15) is 12.0 Å². The van der Waals surface area contributed by atoms with Gasteiger partial charge in [-0.25, -0.2) is 9.99 Å². The zero-order chi connectivity index (χ0) is 19.3. The van der Waals surface area contributed by atoms with E-state index in [1.165, 1.54) is 5.01 Å². The average molecular weight is 395 g/mol. The molecule has 0 bridgehead atoms. The van der Waals surface area contributed by atoms with Gasteiger partial charge < -0.3 is 9.15 Å². The highest BCUT2D eigenvalue weighted by atomic mass is 32.2. The number of aromatic nitrogens is 1. The topological polar surface area (TPSA) is 85.0 Å². The molecule has 0 radical (unpaired) electrons. The first-order chi connectivity index (χ1) is 13.7. The summed E-state index contributed by atoms with van der Waals surface area (Å²) in [6, 6.07) is 17.1. The fourth-order valence-electron chi connectivity index (χ4n) is 2.76. The number of thioether (sulfide) groups is 1. The number of hydrazone groups is 1. The van der Waals surface area contributed by atoms with Crippen LogP contribution in [0.4, 0.5) is 0 Å². The van der Waals surface area contributed by atoms with Crippen molar-refractivity contribution in [2.45, 2.75) is 11.6 Å². The van der Waals surface area contributed by atoms with Crippen LogP contribution in [0.15, 0.2) is 69.3 Å². The van der Waals surface area contributed by atoms with Crippen LogP contribution in [0, 0.1) is 0 Å². The molecule has 2 heterocycles. The van der Waals surface area contributed by atoms with Gasteiger partial charge in [-0.3, -0.25) is 9.59 Å². The van der Waals surface area contributed by atoms with E-state index in [1.54, 1.807) is 0 Å². The lowest BCUT2D eigenvalue weighted by atomic mass is 10.1. The number of fused-ring (bicyclic) bond motifs is 1. The van der Waals surface area contributed by atoms with Gasteiger partial charge in [0.1, 0.15) is 11.3 Å². The quantitative estimate of drug-likeness (QED) is 0.471. The fourth-order valence-corrected chi connectivity index (χ4v) is 3.40. The SMILES string of the molecule is O=C(CSc1nc2ccccc2o1)OCC(=O)N1CCC(c2ccccc2)=N1. The van der Waals surface area contributed by atoms with Gasteiger partial charge in [-0.15, -0.1) is 0 Å². The van der Waals surface area contributed by atoms with Gasteiger partial charge >= 0.3 is 5.97 Å². The summed E-state index contributed by atoms with van der Waals surface area (Å²) in [7, 11) is 0. The van der Waals surface area contributed by atoms with Crippen LogP contribution >= 0.6 is 11.8 Å². The Bertz CT molecular complexity index is 999. The molecule has 0 fully saturated rings. The van der Waals surface area contributed by atoms with Gasteiger partial charge in [-0.2, -0.15) is 5.10 Å². The molecule has 2 aromatic carbocycles. The second-order valence-electron chi connectivity index (χ2n) is 6.08. The first-order valence-corrected chi connectivity index (χ1v) is 9.75. The molecule has 0 saturated carbocycles. The maximum Gasteiger partial charge on any atom is 0.316 e. The van der Waals surface area contributed by atoms with Crippen molar-refractivity contribution in [3.63, 3.8) is 0 Å². The number of oxazole rings is 1. The Labute approximate surface area is 165 Å². The molecule has 1 aliphatic heterocycles. The second-order valence-corrected chi connectivity index (χ2v) is 7.00. The normalized spacial score (nSPS) is 13.6. The summed E-state index contributed by atoms with van der Waals surface area (Å²) in [5.41, 5.74) is 3.24. The van der Waals surface area contributed by atoms with Crippen molar-refractivity contribution in [3.05, 3.63) is 60.2 Å². The summed E-state index contributed by atoms with van der Waals surface area (Å²) < 4.78 is 10.6. The maximum atomic E-state index is 12.2. The van der Waals surface area contributed by atoms with Crippen LogP contribution < -0.4 is 0 Å². The summed E-state index contributed by atoms with van der Waals surface area (Å²) in [6.07, 6.45) is 0.678. The van der Waals surface area contributed by atoms with Crippen LogP contribution in [0.3, 0.4) is 0 Å². The van der Waals surface area contributed by atoms with E-state index in [9.17, 15) is 9.59 Å². The Morgan fingerprint density at radius 2 is 1.89 bits per heavy atom. The van der Waals surface area contributed by atoms with Crippen LogP contribution in [-0.4, -0.2) is 46.5 Å². The summed E-state index contributed by atoms with van der Waals surface area (Å²) in [5, 5.41) is 6.07. The van der Waals surface area contributed by atoms with E-state index in [1.807, 2.05) is 54.6 Å². The average Bonchev–Trinajstić information content (AvgIpc) is 3.38. The van der Waals surface area contributed by atoms with E-state index in [0.717, 1.165) is 28.6 Å². The third-order valence-corrected chi connectivity index (χ3v) is 4.94. The van der Waals surface area contributed by atoms with E-state index in [2.05, 4.69) is 10.1 Å². The smallest absolute Gasteiger partial charge is 0.316 e. The molecule has 1 amide bonds. The molecule has 4 rings (SSSR count). The molecule has 1 aliphatic rings. The van der Waals surface area contributed by atoms with Gasteiger partial charge in [0.05, 0.1) is 12.3 Å². The van der Waals surface area contributed by atoms with E-state index < -0.39 is 5.97 Å². The van der Waals surface area contributed by atoms with Gasteiger partial charge in [-0.05, 0) is 17.7 Å². The van der Waals surface area contributed by atoms with Crippen molar-refractivity contribution in [3.8, 4) is 0 Å². The number of esters is 1. The van der Waals surface area contributed by atoms with E-state index >= 15 is 0 Å². The molecule has 1 aromatic heterocycles. The monoisotopic (exact) mass is 395 g/mol. The van der Waals surface area contributed by atoms with Gasteiger partial charge in [0.15, 0.2) is 12.2 Å². The lowest BCUT2D eigenvalue weighted by Gasteiger charge is -2.11. The number of rotatable bonds is 6. The van der Waals surface area contributed by atoms with Gasteiger partial charge in [0, 0.05) is 6.42 Å². The number of amides is 1. The zero-order valence-corrected chi connectivity index (χ0v) is 15.7. The summed E-state index contributed by atoms with van der Waals surface area (Å²) in [6.45, 7) is 0.150. The van der Waals surface area contributed by atoms with Crippen molar-refractivity contribution in [1.29, 1.82) is 0 Å². The van der Waals surface area contributed by atoms with E-state index in [4.69, 9.17) is 9.15 Å².